The van der Waals surface area contributed by atoms with Crippen LogP contribution in [0.25, 0.3) is 0 Å². The summed E-state index contributed by atoms with van der Waals surface area (Å²) < 4.78 is 16.6. The fraction of sp³-hybridized carbons (Fsp3) is 0.269. The van der Waals surface area contributed by atoms with Gasteiger partial charge in [-0.05, 0) is 48.5 Å². The van der Waals surface area contributed by atoms with Crippen LogP contribution in [0.1, 0.15) is 15.9 Å². The van der Waals surface area contributed by atoms with Gasteiger partial charge in [-0.1, -0.05) is 29.8 Å². The monoisotopic (exact) mass is 466 g/mol. The lowest BCUT2D eigenvalue weighted by Crippen LogP contribution is -2.48. The molecular formula is C26H27ClN2O4. The van der Waals surface area contributed by atoms with Crippen molar-refractivity contribution in [2.75, 3.05) is 45.3 Å². The molecule has 0 aliphatic carbocycles. The maximum absolute atomic E-state index is 13.1. The van der Waals surface area contributed by atoms with Crippen molar-refractivity contribution in [1.82, 2.24) is 4.90 Å². The minimum absolute atomic E-state index is 0.0136. The SMILES string of the molecule is COc1ccc(N2CCN(C(=O)c3ccc(OCc4ccccc4Cl)c(OC)c3)CC2)cc1. The summed E-state index contributed by atoms with van der Waals surface area (Å²) in [6, 6.07) is 20.8. The highest BCUT2D eigenvalue weighted by Crippen LogP contribution is 2.30. The van der Waals surface area contributed by atoms with Crippen molar-refractivity contribution in [3.8, 4) is 17.2 Å². The minimum atomic E-state index is -0.0136. The van der Waals surface area contributed by atoms with E-state index in [9.17, 15) is 4.79 Å². The van der Waals surface area contributed by atoms with Gasteiger partial charge in [0, 0.05) is 48.0 Å². The van der Waals surface area contributed by atoms with E-state index < -0.39 is 0 Å². The summed E-state index contributed by atoms with van der Waals surface area (Å²) in [5.41, 5.74) is 2.59. The van der Waals surface area contributed by atoms with Crippen LogP contribution < -0.4 is 19.1 Å². The van der Waals surface area contributed by atoms with Gasteiger partial charge in [0.1, 0.15) is 12.4 Å². The highest BCUT2D eigenvalue weighted by atomic mass is 35.5. The number of ether oxygens (including phenoxy) is 3. The lowest BCUT2D eigenvalue weighted by molar-refractivity contribution is 0.0746. The second-order valence-corrected chi connectivity index (χ2v) is 8.13. The first kappa shape index (κ1) is 22.8. The number of carbonyl (C=O) groups excluding carboxylic acids is 1. The molecule has 1 amide bonds. The van der Waals surface area contributed by atoms with Gasteiger partial charge >= 0.3 is 0 Å². The minimum Gasteiger partial charge on any atom is -0.497 e. The van der Waals surface area contributed by atoms with Gasteiger partial charge in [0.2, 0.25) is 0 Å². The topological polar surface area (TPSA) is 51.2 Å². The molecule has 0 unspecified atom stereocenters. The zero-order valence-electron chi connectivity index (χ0n) is 18.8. The third-order valence-electron chi connectivity index (χ3n) is 5.76. The van der Waals surface area contributed by atoms with E-state index in [4.69, 9.17) is 25.8 Å². The van der Waals surface area contributed by atoms with Crippen LogP contribution in [0.15, 0.2) is 66.7 Å². The van der Waals surface area contributed by atoms with Gasteiger partial charge in [0.25, 0.3) is 5.91 Å². The van der Waals surface area contributed by atoms with Crippen LogP contribution in [0, 0.1) is 0 Å². The maximum atomic E-state index is 13.1. The van der Waals surface area contributed by atoms with Gasteiger partial charge in [-0.25, -0.2) is 0 Å². The van der Waals surface area contributed by atoms with Gasteiger partial charge < -0.3 is 24.0 Å². The van der Waals surface area contributed by atoms with Gasteiger partial charge in [-0.15, -0.1) is 0 Å². The normalized spacial score (nSPS) is 13.5. The molecule has 0 atom stereocenters. The molecule has 1 fully saturated rings. The van der Waals surface area contributed by atoms with Crippen LogP contribution in [-0.4, -0.2) is 51.2 Å². The number of rotatable bonds is 7. The van der Waals surface area contributed by atoms with E-state index in [1.54, 1.807) is 32.4 Å². The molecule has 0 N–H and O–H groups in total. The molecule has 3 aromatic rings. The van der Waals surface area contributed by atoms with E-state index in [-0.39, 0.29) is 5.91 Å². The second-order valence-electron chi connectivity index (χ2n) is 7.72. The van der Waals surface area contributed by atoms with Crippen LogP contribution in [0.2, 0.25) is 5.02 Å². The van der Waals surface area contributed by atoms with Crippen LogP contribution >= 0.6 is 11.6 Å². The Kier molecular flexibility index (Phi) is 7.25. The van der Waals surface area contributed by atoms with Crippen LogP contribution in [0.4, 0.5) is 5.69 Å². The van der Waals surface area contributed by atoms with Crippen molar-refractivity contribution < 1.29 is 19.0 Å². The molecule has 0 saturated carbocycles. The lowest BCUT2D eigenvalue weighted by atomic mass is 10.1. The zero-order valence-corrected chi connectivity index (χ0v) is 19.5. The van der Waals surface area contributed by atoms with E-state index in [0.717, 1.165) is 30.1 Å². The molecule has 0 aromatic heterocycles. The van der Waals surface area contributed by atoms with Gasteiger partial charge in [-0.2, -0.15) is 0 Å². The Balaban J connectivity index is 1.38. The fourth-order valence-electron chi connectivity index (χ4n) is 3.83. The molecule has 1 aliphatic rings. The van der Waals surface area contributed by atoms with Crippen molar-refractivity contribution >= 4 is 23.2 Å². The molecule has 0 bridgehead atoms. The Morgan fingerprint density at radius 2 is 1.61 bits per heavy atom. The van der Waals surface area contributed by atoms with Crippen LogP contribution in [-0.2, 0) is 6.61 Å². The van der Waals surface area contributed by atoms with Crippen molar-refractivity contribution in [1.29, 1.82) is 0 Å². The number of amides is 1. The largest absolute Gasteiger partial charge is 0.497 e. The third kappa shape index (κ3) is 5.34. The number of benzene rings is 3. The number of halogens is 1. The molecule has 0 spiro atoms. The first-order chi connectivity index (χ1) is 16.1. The van der Waals surface area contributed by atoms with Crippen LogP contribution in [0.3, 0.4) is 0 Å². The molecule has 1 heterocycles. The summed E-state index contributed by atoms with van der Waals surface area (Å²) in [5, 5.41) is 0.650. The van der Waals surface area contributed by atoms with Gasteiger partial charge in [0.05, 0.1) is 14.2 Å². The summed E-state index contributed by atoms with van der Waals surface area (Å²) in [6.07, 6.45) is 0. The molecule has 1 aliphatic heterocycles. The quantitative estimate of drug-likeness (QED) is 0.495. The van der Waals surface area contributed by atoms with Gasteiger partial charge in [-0.3, -0.25) is 4.79 Å². The smallest absolute Gasteiger partial charge is 0.254 e. The van der Waals surface area contributed by atoms with E-state index >= 15 is 0 Å². The number of nitrogens with zero attached hydrogens (tertiary/aromatic N) is 2. The highest BCUT2D eigenvalue weighted by Gasteiger charge is 2.23. The molecule has 1 saturated heterocycles. The molecule has 3 aromatic carbocycles. The number of piperazine rings is 1. The number of anilines is 1. The summed E-state index contributed by atoms with van der Waals surface area (Å²) in [4.78, 5) is 17.3. The lowest BCUT2D eigenvalue weighted by Gasteiger charge is -2.36. The molecule has 0 radical (unpaired) electrons. The number of carbonyl (C=O) groups is 1. The average molecular weight is 467 g/mol. The molecule has 7 heteroatoms. The molecule has 6 nitrogen and oxygen atoms in total. The Morgan fingerprint density at radius 1 is 0.879 bits per heavy atom. The second kappa shape index (κ2) is 10.5. The molecule has 4 rings (SSSR count). The van der Waals surface area contributed by atoms with Gasteiger partial charge in [0.15, 0.2) is 11.5 Å². The van der Waals surface area contributed by atoms with E-state index in [2.05, 4.69) is 4.90 Å². The number of methoxy groups -OCH3 is 2. The average Bonchev–Trinajstić information content (AvgIpc) is 2.88. The van der Waals surface area contributed by atoms with Crippen molar-refractivity contribution in [3.05, 3.63) is 82.9 Å². The fourth-order valence-corrected chi connectivity index (χ4v) is 4.02. The summed E-state index contributed by atoms with van der Waals surface area (Å²) in [5.74, 6) is 1.91. The Labute approximate surface area is 199 Å². The predicted molar refractivity (Wildman–Crippen MR) is 130 cm³/mol. The Bertz CT molecular complexity index is 1100. The first-order valence-corrected chi connectivity index (χ1v) is 11.2. The first-order valence-electron chi connectivity index (χ1n) is 10.8. The number of hydrogen-bond donors (Lipinski definition) is 0. The maximum Gasteiger partial charge on any atom is 0.254 e. The summed E-state index contributed by atoms with van der Waals surface area (Å²) in [7, 11) is 3.23. The van der Waals surface area contributed by atoms with E-state index in [0.29, 0.717) is 41.8 Å². The van der Waals surface area contributed by atoms with Crippen molar-refractivity contribution in [2.45, 2.75) is 6.61 Å². The standard InChI is InChI=1S/C26H27ClN2O4/c1-31-22-10-8-21(9-11-22)28-13-15-29(16-14-28)26(30)19-7-12-24(25(17-19)32-2)33-18-20-5-3-4-6-23(20)27/h3-12,17H,13-16,18H2,1-2H3. The third-order valence-corrected chi connectivity index (χ3v) is 6.12. The summed E-state index contributed by atoms with van der Waals surface area (Å²) in [6.45, 7) is 3.16. The molecule has 33 heavy (non-hydrogen) atoms. The Morgan fingerprint density at radius 3 is 2.27 bits per heavy atom. The zero-order chi connectivity index (χ0) is 23.2. The van der Waals surface area contributed by atoms with Crippen molar-refractivity contribution in [3.63, 3.8) is 0 Å². The van der Waals surface area contributed by atoms with E-state index in [1.807, 2.05) is 53.4 Å². The van der Waals surface area contributed by atoms with E-state index in [1.165, 1.54) is 0 Å². The molecular weight excluding hydrogens is 440 g/mol. The van der Waals surface area contributed by atoms with Crippen molar-refractivity contribution in [2.24, 2.45) is 0 Å². The highest BCUT2D eigenvalue weighted by molar-refractivity contribution is 6.31. The number of hydrogen-bond acceptors (Lipinski definition) is 5. The molecule has 172 valence electrons. The Hall–Kier alpha value is -3.38. The summed E-state index contributed by atoms with van der Waals surface area (Å²) >= 11 is 6.21. The predicted octanol–water partition coefficient (Wildman–Crippen LogP) is 4.90. The van der Waals surface area contributed by atoms with Crippen LogP contribution in [0.5, 0.6) is 17.2 Å².